The van der Waals surface area contributed by atoms with E-state index < -0.39 is 0 Å². The number of hydrogen-bond donors (Lipinski definition) is 1. The lowest BCUT2D eigenvalue weighted by molar-refractivity contribution is -0.130. The number of rotatable bonds is 3. The number of amides is 1. The Morgan fingerprint density at radius 3 is 2.71 bits per heavy atom. The molecule has 28 heavy (non-hydrogen) atoms. The summed E-state index contributed by atoms with van der Waals surface area (Å²) in [6.45, 7) is 5.43. The normalized spacial score (nSPS) is 18.5. The number of aromatic nitrogens is 3. The first-order valence-electron chi connectivity index (χ1n) is 9.98. The molecule has 5 rings (SSSR count). The quantitative estimate of drug-likeness (QED) is 0.764. The zero-order valence-corrected chi connectivity index (χ0v) is 16.2. The fourth-order valence-electron chi connectivity index (χ4n) is 4.25. The highest BCUT2D eigenvalue weighted by atomic mass is 16.2. The second-order valence-corrected chi connectivity index (χ2v) is 8.34. The van der Waals surface area contributed by atoms with E-state index in [9.17, 15) is 4.79 Å². The van der Waals surface area contributed by atoms with Gasteiger partial charge in [0.2, 0.25) is 5.91 Å². The summed E-state index contributed by atoms with van der Waals surface area (Å²) >= 11 is 0. The Bertz CT molecular complexity index is 1010. The van der Waals surface area contributed by atoms with Gasteiger partial charge in [0.15, 0.2) is 0 Å². The molecular formula is C22H25N5O. The molecule has 2 aliphatic rings. The summed E-state index contributed by atoms with van der Waals surface area (Å²) < 4.78 is 0. The van der Waals surface area contributed by atoms with Crippen LogP contribution < -0.4 is 4.90 Å². The van der Waals surface area contributed by atoms with E-state index in [0.29, 0.717) is 6.42 Å². The van der Waals surface area contributed by atoms with Gasteiger partial charge in [0, 0.05) is 37.8 Å². The molecule has 144 valence electrons. The molecule has 1 saturated carbocycles. The van der Waals surface area contributed by atoms with Crippen molar-refractivity contribution in [2.45, 2.75) is 26.2 Å². The van der Waals surface area contributed by atoms with E-state index in [-0.39, 0.29) is 11.3 Å². The monoisotopic (exact) mass is 375 g/mol. The van der Waals surface area contributed by atoms with Gasteiger partial charge < -0.3 is 14.8 Å². The van der Waals surface area contributed by atoms with Crippen LogP contribution >= 0.6 is 0 Å². The summed E-state index contributed by atoms with van der Waals surface area (Å²) in [5.74, 6) is 1.21. The molecule has 1 aliphatic heterocycles. The SMILES string of the molecule is Cc1ccc(CC(=O)N2CCN(c3ncnc4[nH]ccc34)CC3(CC3)C2)cc1. The molecule has 3 aromatic rings. The Labute approximate surface area is 164 Å². The average Bonchev–Trinajstić information content (AvgIpc) is 3.34. The number of aromatic amines is 1. The Morgan fingerprint density at radius 2 is 1.93 bits per heavy atom. The number of hydrogen-bond acceptors (Lipinski definition) is 4. The molecule has 6 heteroatoms. The van der Waals surface area contributed by atoms with Gasteiger partial charge in [-0.05, 0) is 31.4 Å². The highest BCUT2D eigenvalue weighted by molar-refractivity contribution is 5.87. The van der Waals surface area contributed by atoms with Crippen molar-refractivity contribution >= 4 is 22.8 Å². The van der Waals surface area contributed by atoms with Gasteiger partial charge in [-0.15, -0.1) is 0 Å². The number of anilines is 1. The molecule has 0 bridgehead atoms. The minimum atomic E-state index is 0.215. The summed E-state index contributed by atoms with van der Waals surface area (Å²) in [6, 6.07) is 10.3. The predicted octanol–water partition coefficient (Wildman–Crippen LogP) is 2.94. The van der Waals surface area contributed by atoms with Gasteiger partial charge in [-0.2, -0.15) is 0 Å². The largest absolute Gasteiger partial charge is 0.354 e. The third-order valence-corrected chi connectivity index (χ3v) is 6.11. The lowest BCUT2D eigenvalue weighted by Crippen LogP contribution is -2.37. The van der Waals surface area contributed by atoms with Crippen molar-refractivity contribution in [3.63, 3.8) is 0 Å². The fourth-order valence-corrected chi connectivity index (χ4v) is 4.25. The molecule has 1 amide bonds. The van der Waals surface area contributed by atoms with Crippen molar-refractivity contribution in [2.24, 2.45) is 5.41 Å². The summed E-state index contributed by atoms with van der Waals surface area (Å²) in [6.07, 6.45) is 6.37. The van der Waals surface area contributed by atoms with Crippen molar-refractivity contribution < 1.29 is 4.79 Å². The van der Waals surface area contributed by atoms with Crippen LogP contribution in [0.2, 0.25) is 0 Å². The van der Waals surface area contributed by atoms with Gasteiger partial charge in [0.25, 0.3) is 0 Å². The zero-order valence-electron chi connectivity index (χ0n) is 16.2. The molecule has 2 aromatic heterocycles. The number of nitrogens with zero attached hydrogens (tertiary/aromatic N) is 4. The van der Waals surface area contributed by atoms with Crippen LogP contribution in [-0.2, 0) is 11.2 Å². The van der Waals surface area contributed by atoms with Crippen LogP contribution in [-0.4, -0.2) is 51.9 Å². The van der Waals surface area contributed by atoms with Gasteiger partial charge >= 0.3 is 0 Å². The lowest BCUT2D eigenvalue weighted by Gasteiger charge is -2.25. The van der Waals surface area contributed by atoms with E-state index in [1.54, 1.807) is 6.33 Å². The smallest absolute Gasteiger partial charge is 0.227 e. The fraction of sp³-hybridized carbons (Fsp3) is 0.409. The van der Waals surface area contributed by atoms with Crippen LogP contribution in [0.4, 0.5) is 5.82 Å². The number of benzene rings is 1. The van der Waals surface area contributed by atoms with Crippen molar-refractivity contribution in [1.82, 2.24) is 19.9 Å². The number of carbonyl (C=O) groups excluding carboxylic acids is 1. The molecule has 3 heterocycles. The minimum Gasteiger partial charge on any atom is -0.354 e. The molecule has 0 atom stereocenters. The Balaban J connectivity index is 1.36. The number of H-pyrrole nitrogens is 1. The first kappa shape index (κ1) is 17.2. The van der Waals surface area contributed by atoms with Crippen LogP contribution in [0, 0.1) is 12.3 Å². The number of nitrogens with one attached hydrogen (secondary N) is 1. The van der Waals surface area contributed by atoms with E-state index in [2.05, 4.69) is 55.9 Å². The maximum Gasteiger partial charge on any atom is 0.227 e. The highest BCUT2D eigenvalue weighted by Crippen LogP contribution is 2.48. The second kappa shape index (κ2) is 6.62. The van der Waals surface area contributed by atoms with Gasteiger partial charge in [0.1, 0.15) is 17.8 Å². The Kier molecular flexibility index (Phi) is 4.07. The standard InChI is InChI=1S/C22H25N5O/c1-16-2-4-17(5-3-16)12-19(28)26-10-11-27(14-22(13-26)7-8-22)21-18-6-9-23-20(18)24-15-25-21/h2-6,9,15H,7-8,10-14H2,1H3,(H,23,24,25). The molecule has 6 nitrogen and oxygen atoms in total. The maximum atomic E-state index is 13.0. The van der Waals surface area contributed by atoms with E-state index in [1.165, 1.54) is 18.4 Å². The van der Waals surface area contributed by atoms with Gasteiger partial charge in [0.05, 0.1) is 11.8 Å². The molecule has 0 unspecified atom stereocenters. The molecule has 1 aromatic carbocycles. The molecule has 1 saturated heterocycles. The van der Waals surface area contributed by atoms with E-state index in [4.69, 9.17) is 0 Å². The topological polar surface area (TPSA) is 65.1 Å². The van der Waals surface area contributed by atoms with Gasteiger partial charge in [-0.1, -0.05) is 29.8 Å². The molecule has 1 N–H and O–H groups in total. The molecule has 2 fully saturated rings. The molecule has 0 radical (unpaired) electrons. The van der Waals surface area contributed by atoms with Crippen molar-refractivity contribution in [3.05, 3.63) is 54.0 Å². The van der Waals surface area contributed by atoms with Gasteiger partial charge in [-0.3, -0.25) is 4.79 Å². The maximum absolute atomic E-state index is 13.0. The second-order valence-electron chi connectivity index (χ2n) is 8.34. The van der Waals surface area contributed by atoms with Crippen molar-refractivity contribution in [1.29, 1.82) is 0 Å². The van der Waals surface area contributed by atoms with E-state index in [1.807, 2.05) is 12.3 Å². The first-order chi connectivity index (χ1) is 13.6. The van der Waals surface area contributed by atoms with Crippen molar-refractivity contribution in [2.75, 3.05) is 31.1 Å². The molecular weight excluding hydrogens is 350 g/mol. The Hall–Kier alpha value is -2.89. The highest BCUT2D eigenvalue weighted by Gasteiger charge is 2.47. The summed E-state index contributed by atoms with van der Waals surface area (Å²) in [7, 11) is 0. The zero-order chi connectivity index (χ0) is 19.1. The molecule has 1 aliphatic carbocycles. The van der Waals surface area contributed by atoms with E-state index in [0.717, 1.165) is 48.6 Å². The first-order valence-corrected chi connectivity index (χ1v) is 9.98. The van der Waals surface area contributed by atoms with Crippen molar-refractivity contribution in [3.8, 4) is 0 Å². The minimum absolute atomic E-state index is 0.215. The van der Waals surface area contributed by atoms with Crippen LogP contribution in [0.5, 0.6) is 0 Å². The van der Waals surface area contributed by atoms with E-state index >= 15 is 0 Å². The van der Waals surface area contributed by atoms with Crippen LogP contribution in [0.15, 0.2) is 42.9 Å². The van der Waals surface area contributed by atoms with Crippen LogP contribution in [0.1, 0.15) is 24.0 Å². The third kappa shape index (κ3) is 3.23. The average molecular weight is 375 g/mol. The van der Waals surface area contributed by atoms with Crippen LogP contribution in [0.25, 0.3) is 11.0 Å². The lowest BCUT2D eigenvalue weighted by atomic mass is 10.1. The summed E-state index contributed by atoms with van der Waals surface area (Å²) in [5, 5.41) is 1.05. The molecule has 1 spiro atoms. The predicted molar refractivity (Wildman–Crippen MR) is 109 cm³/mol. The van der Waals surface area contributed by atoms with Gasteiger partial charge in [-0.25, -0.2) is 9.97 Å². The summed E-state index contributed by atoms with van der Waals surface area (Å²) in [5.41, 5.74) is 3.39. The number of carbonyl (C=O) groups is 1. The third-order valence-electron chi connectivity index (χ3n) is 6.11. The number of aryl methyl sites for hydroxylation is 1. The number of fused-ring (bicyclic) bond motifs is 1. The van der Waals surface area contributed by atoms with Crippen LogP contribution in [0.3, 0.4) is 0 Å². The Morgan fingerprint density at radius 1 is 1.11 bits per heavy atom. The summed E-state index contributed by atoms with van der Waals surface area (Å²) in [4.78, 5) is 29.5.